The quantitative estimate of drug-likeness (QED) is 0.462. The van der Waals surface area contributed by atoms with Crippen LogP contribution in [0, 0.1) is 0 Å². The van der Waals surface area contributed by atoms with Crippen LogP contribution in [0.4, 0.5) is 0 Å². The second-order valence-electron chi connectivity index (χ2n) is 9.05. The summed E-state index contributed by atoms with van der Waals surface area (Å²) in [6.07, 6.45) is 1.65. The summed E-state index contributed by atoms with van der Waals surface area (Å²) in [4.78, 5) is 39.8. The topological polar surface area (TPSA) is 84.9 Å². The van der Waals surface area contributed by atoms with Crippen LogP contribution in [-0.2, 0) is 29.2 Å². The SMILES string of the molecule is O=C(NCc1ccccc1COCc1ccccc1)c1ccc2c(c1)C(=O)N(CC1CCCO1)C2=O. The van der Waals surface area contributed by atoms with Gasteiger partial charge in [0, 0.05) is 18.7 Å². The third-order valence-corrected chi connectivity index (χ3v) is 6.57. The van der Waals surface area contributed by atoms with Crippen molar-refractivity contribution in [1.29, 1.82) is 0 Å². The van der Waals surface area contributed by atoms with Crippen molar-refractivity contribution in [2.24, 2.45) is 0 Å². The summed E-state index contributed by atoms with van der Waals surface area (Å²) >= 11 is 0. The molecular weight excluding hydrogens is 456 g/mol. The Morgan fingerprint density at radius 1 is 0.917 bits per heavy atom. The Kier molecular flexibility index (Phi) is 7.21. The van der Waals surface area contributed by atoms with Gasteiger partial charge in [0.25, 0.3) is 17.7 Å². The first-order chi connectivity index (χ1) is 17.6. The zero-order chi connectivity index (χ0) is 24.9. The summed E-state index contributed by atoms with van der Waals surface area (Å²) in [5.74, 6) is -1.02. The highest BCUT2D eigenvalue weighted by molar-refractivity contribution is 6.22. The molecule has 1 saturated heterocycles. The summed E-state index contributed by atoms with van der Waals surface area (Å²) in [5, 5.41) is 2.93. The van der Waals surface area contributed by atoms with Crippen LogP contribution >= 0.6 is 0 Å². The monoisotopic (exact) mass is 484 g/mol. The van der Waals surface area contributed by atoms with Gasteiger partial charge in [-0.2, -0.15) is 0 Å². The lowest BCUT2D eigenvalue weighted by Crippen LogP contribution is -2.36. The number of amides is 3. The minimum atomic E-state index is -0.374. The van der Waals surface area contributed by atoms with E-state index in [9.17, 15) is 14.4 Å². The van der Waals surface area contributed by atoms with Gasteiger partial charge in [0.1, 0.15) is 0 Å². The fourth-order valence-corrected chi connectivity index (χ4v) is 4.59. The molecule has 3 aromatic carbocycles. The molecule has 0 saturated carbocycles. The molecule has 0 aromatic heterocycles. The predicted octanol–water partition coefficient (Wildman–Crippen LogP) is 4.11. The smallest absolute Gasteiger partial charge is 0.261 e. The molecule has 2 aliphatic rings. The van der Waals surface area contributed by atoms with Crippen LogP contribution in [0.2, 0.25) is 0 Å². The Morgan fingerprint density at radius 2 is 1.67 bits per heavy atom. The summed E-state index contributed by atoms with van der Waals surface area (Å²) in [5.41, 5.74) is 3.98. The Labute approximate surface area is 210 Å². The van der Waals surface area contributed by atoms with Crippen molar-refractivity contribution in [1.82, 2.24) is 10.2 Å². The minimum absolute atomic E-state index is 0.119. The molecule has 0 bridgehead atoms. The van der Waals surface area contributed by atoms with E-state index in [4.69, 9.17) is 9.47 Å². The number of carbonyl (C=O) groups excluding carboxylic acids is 3. The average Bonchev–Trinajstić information content (AvgIpc) is 3.51. The van der Waals surface area contributed by atoms with E-state index in [0.29, 0.717) is 37.5 Å². The van der Waals surface area contributed by atoms with E-state index in [-0.39, 0.29) is 35.9 Å². The largest absolute Gasteiger partial charge is 0.376 e. The Balaban J connectivity index is 1.21. The summed E-state index contributed by atoms with van der Waals surface area (Å²) in [6, 6.07) is 22.4. The van der Waals surface area contributed by atoms with E-state index in [1.807, 2.05) is 54.6 Å². The molecule has 7 heteroatoms. The molecule has 36 heavy (non-hydrogen) atoms. The van der Waals surface area contributed by atoms with Crippen molar-refractivity contribution in [3.05, 3.63) is 106 Å². The number of carbonyl (C=O) groups is 3. The van der Waals surface area contributed by atoms with E-state index < -0.39 is 0 Å². The van der Waals surface area contributed by atoms with Crippen molar-refractivity contribution < 1.29 is 23.9 Å². The second-order valence-corrected chi connectivity index (χ2v) is 9.05. The Bertz CT molecular complexity index is 1270. The maximum absolute atomic E-state index is 12.9. The highest BCUT2D eigenvalue weighted by Crippen LogP contribution is 2.26. The molecule has 2 heterocycles. The predicted molar refractivity (Wildman–Crippen MR) is 133 cm³/mol. The number of imide groups is 1. The van der Waals surface area contributed by atoms with Crippen LogP contribution in [0.15, 0.2) is 72.8 Å². The van der Waals surface area contributed by atoms with Crippen LogP contribution in [0.25, 0.3) is 0 Å². The van der Waals surface area contributed by atoms with Crippen LogP contribution in [0.3, 0.4) is 0 Å². The molecule has 3 amide bonds. The van der Waals surface area contributed by atoms with Gasteiger partial charge in [0.15, 0.2) is 0 Å². The van der Waals surface area contributed by atoms with Crippen molar-refractivity contribution in [3.63, 3.8) is 0 Å². The molecule has 1 atom stereocenters. The van der Waals surface area contributed by atoms with Gasteiger partial charge in [0.2, 0.25) is 0 Å². The number of ether oxygens (including phenoxy) is 2. The second kappa shape index (κ2) is 10.8. The fourth-order valence-electron chi connectivity index (χ4n) is 4.59. The summed E-state index contributed by atoms with van der Waals surface area (Å²) in [7, 11) is 0. The first kappa shape index (κ1) is 23.9. The van der Waals surface area contributed by atoms with Crippen LogP contribution in [-0.4, -0.2) is 41.9 Å². The first-order valence-electron chi connectivity index (χ1n) is 12.2. The molecule has 1 fully saturated rings. The lowest BCUT2D eigenvalue weighted by Gasteiger charge is -2.17. The van der Waals surface area contributed by atoms with Gasteiger partial charge in [-0.15, -0.1) is 0 Å². The number of hydrogen-bond acceptors (Lipinski definition) is 5. The number of hydrogen-bond donors (Lipinski definition) is 1. The lowest BCUT2D eigenvalue weighted by molar-refractivity contribution is 0.0475. The molecule has 2 aliphatic heterocycles. The highest BCUT2D eigenvalue weighted by atomic mass is 16.5. The number of nitrogens with zero attached hydrogens (tertiary/aromatic N) is 1. The van der Waals surface area contributed by atoms with Gasteiger partial charge >= 0.3 is 0 Å². The Hall–Kier alpha value is -3.81. The normalized spacial score (nSPS) is 16.9. The van der Waals surface area contributed by atoms with E-state index >= 15 is 0 Å². The number of benzene rings is 3. The molecule has 0 radical (unpaired) electrons. The molecule has 0 aliphatic carbocycles. The van der Waals surface area contributed by atoms with Crippen molar-refractivity contribution in [3.8, 4) is 0 Å². The van der Waals surface area contributed by atoms with Crippen LogP contribution in [0.1, 0.15) is 60.6 Å². The molecule has 0 spiro atoms. The van der Waals surface area contributed by atoms with Crippen molar-refractivity contribution >= 4 is 17.7 Å². The van der Waals surface area contributed by atoms with E-state index in [0.717, 1.165) is 29.5 Å². The maximum Gasteiger partial charge on any atom is 0.261 e. The molecule has 3 aromatic rings. The molecule has 184 valence electrons. The number of rotatable bonds is 9. The van der Waals surface area contributed by atoms with Crippen molar-refractivity contribution in [2.75, 3.05) is 13.2 Å². The number of fused-ring (bicyclic) bond motifs is 1. The van der Waals surface area contributed by atoms with Gasteiger partial charge in [0.05, 0.1) is 37.0 Å². The van der Waals surface area contributed by atoms with Crippen LogP contribution < -0.4 is 5.32 Å². The fraction of sp³-hybridized carbons (Fsp3) is 0.276. The highest BCUT2D eigenvalue weighted by Gasteiger charge is 2.37. The van der Waals surface area contributed by atoms with Gasteiger partial charge in [-0.3, -0.25) is 19.3 Å². The van der Waals surface area contributed by atoms with Gasteiger partial charge in [-0.25, -0.2) is 0 Å². The lowest BCUT2D eigenvalue weighted by atomic mass is 10.0. The molecule has 1 unspecified atom stereocenters. The first-order valence-corrected chi connectivity index (χ1v) is 12.2. The zero-order valence-electron chi connectivity index (χ0n) is 19.9. The minimum Gasteiger partial charge on any atom is -0.376 e. The van der Waals surface area contributed by atoms with Gasteiger partial charge in [-0.05, 0) is 47.7 Å². The summed E-state index contributed by atoms with van der Waals surface area (Å²) in [6.45, 7) is 2.15. The molecule has 5 rings (SSSR count). The molecule has 7 nitrogen and oxygen atoms in total. The van der Waals surface area contributed by atoms with Gasteiger partial charge < -0.3 is 14.8 Å². The summed E-state index contributed by atoms with van der Waals surface area (Å²) < 4.78 is 11.5. The van der Waals surface area contributed by atoms with E-state index in [1.54, 1.807) is 12.1 Å². The van der Waals surface area contributed by atoms with Gasteiger partial charge in [-0.1, -0.05) is 54.6 Å². The molecule has 1 N–H and O–H groups in total. The maximum atomic E-state index is 12.9. The van der Waals surface area contributed by atoms with E-state index in [2.05, 4.69) is 5.32 Å². The molecular formula is C29H28N2O5. The third-order valence-electron chi connectivity index (χ3n) is 6.57. The standard InChI is InChI=1S/C29H28N2O5/c32-27(30-16-22-9-4-5-10-23(22)19-35-18-20-7-2-1-3-8-20)21-12-13-25-26(15-21)29(34)31(28(25)33)17-24-11-6-14-36-24/h1-5,7-10,12-13,15,24H,6,11,14,16-19H2,(H,30,32). The average molecular weight is 485 g/mol. The number of nitrogens with one attached hydrogen (secondary N) is 1. The van der Waals surface area contributed by atoms with E-state index in [1.165, 1.54) is 11.0 Å². The Morgan fingerprint density at radius 3 is 2.44 bits per heavy atom. The third kappa shape index (κ3) is 5.22. The van der Waals surface area contributed by atoms with Crippen LogP contribution in [0.5, 0.6) is 0 Å². The zero-order valence-corrected chi connectivity index (χ0v) is 19.9. The van der Waals surface area contributed by atoms with Crippen molar-refractivity contribution in [2.45, 2.75) is 38.7 Å².